The highest BCUT2D eigenvalue weighted by molar-refractivity contribution is 6.24. The fourth-order valence-electron chi connectivity index (χ4n) is 9.11. The Morgan fingerprint density at radius 1 is 0.310 bits per heavy atom. The predicted octanol–water partition coefficient (Wildman–Crippen LogP) is 14.0. The Kier molecular flexibility index (Phi) is 7.20. The monoisotopic (exact) mass is 738 g/mol. The zero-order chi connectivity index (χ0) is 38.2. The van der Waals surface area contributed by atoms with Gasteiger partial charge in [-0.25, -0.2) is 9.97 Å². The lowest BCUT2D eigenvalue weighted by atomic mass is 9.93. The van der Waals surface area contributed by atoms with E-state index >= 15 is 0 Å². The van der Waals surface area contributed by atoms with Crippen molar-refractivity contribution in [1.29, 1.82) is 0 Å². The highest BCUT2D eigenvalue weighted by atomic mass is 15.2. The number of benzene rings is 9. The summed E-state index contributed by atoms with van der Waals surface area (Å²) in [6.45, 7) is 0. The molecule has 0 bridgehead atoms. The van der Waals surface area contributed by atoms with Crippen LogP contribution >= 0.6 is 0 Å². The third kappa shape index (κ3) is 4.95. The first-order valence-corrected chi connectivity index (χ1v) is 19.8. The molecule has 9 aromatic carbocycles. The van der Waals surface area contributed by atoms with Crippen LogP contribution in [0.4, 0.5) is 0 Å². The van der Waals surface area contributed by atoms with Gasteiger partial charge in [-0.3, -0.25) is 4.57 Å². The van der Waals surface area contributed by atoms with Crippen LogP contribution in [0, 0.1) is 0 Å². The van der Waals surface area contributed by atoms with Crippen LogP contribution in [0.5, 0.6) is 0 Å². The molecule has 0 spiro atoms. The van der Waals surface area contributed by atoms with E-state index in [1.165, 1.54) is 60.0 Å². The van der Waals surface area contributed by atoms with Crippen molar-refractivity contribution in [3.8, 4) is 45.1 Å². The standard InChI is InChI=1S/C54H34N4/c1-3-15-37(16-4-1)53-44-22-9-12-24-47(44)55-54(56-53)58-49-26-14-11-23-45(49)52-43-21-8-7-19-40(43)46(34-51(52)58)36-29-27-35(28-30-36)38-31-32-42-41-20-10-13-25-48(41)57(50(42)33-38)39-17-5-2-6-18-39/h1-34H. The van der Waals surface area contributed by atoms with Crippen LogP contribution in [-0.4, -0.2) is 19.1 Å². The van der Waals surface area contributed by atoms with Crippen molar-refractivity contribution in [2.75, 3.05) is 0 Å². The molecule has 0 radical (unpaired) electrons. The molecule has 4 nitrogen and oxygen atoms in total. The van der Waals surface area contributed by atoms with Crippen molar-refractivity contribution >= 4 is 65.3 Å². The van der Waals surface area contributed by atoms with Gasteiger partial charge in [-0.2, -0.15) is 0 Å². The van der Waals surface area contributed by atoms with Crippen molar-refractivity contribution in [1.82, 2.24) is 19.1 Å². The molecule has 0 atom stereocenters. The molecule has 270 valence electrons. The quantitative estimate of drug-likeness (QED) is 0.176. The number of nitrogens with zero attached hydrogens (tertiary/aromatic N) is 4. The highest BCUT2D eigenvalue weighted by Crippen LogP contribution is 2.42. The summed E-state index contributed by atoms with van der Waals surface area (Å²) < 4.78 is 4.64. The molecule has 0 aliphatic rings. The van der Waals surface area contributed by atoms with Crippen LogP contribution in [0.1, 0.15) is 0 Å². The van der Waals surface area contributed by atoms with Gasteiger partial charge in [0.1, 0.15) is 0 Å². The number of rotatable bonds is 5. The molecule has 0 aliphatic heterocycles. The number of hydrogen-bond donors (Lipinski definition) is 0. The van der Waals surface area contributed by atoms with Gasteiger partial charge < -0.3 is 4.57 Å². The molecule has 0 aliphatic carbocycles. The summed E-state index contributed by atoms with van der Waals surface area (Å²) in [5, 5.41) is 8.34. The van der Waals surface area contributed by atoms with Crippen LogP contribution in [-0.2, 0) is 0 Å². The third-order valence-electron chi connectivity index (χ3n) is 11.7. The van der Waals surface area contributed by atoms with E-state index in [2.05, 4.69) is 209 Å². The Labute approximate surface area is 334 Å². The molecule has 12 aromatic rings. The van der Waals surface area contributed by atoms with E-state index in [0.29, 0.717) is 5.95 Å². The van der Waals surface area contributed by atoms with E-state index in [1.807, 2.05) is 6.07 Å². The summed E-state index contributed by atoms with van der Waals surface area (Å²) in [5.74, 6) is 0.656. The van der Waals surface area contributed by atoms with E-state index in [1.54, 1.807) is 0 Å². The first kappa shape index (κ1) is 32.4. The molecule has 4 heteroatoms. The predicted molar refractivity (Wildman–Crippen MR) is 242 cm³/mol. The second-order valence-electron chi connectivity index (χ2n) is 15.0. The molecular formula is C54H34N4. The summed E-state index contributed by atoms with van der Waals surface area (Å²) in [5.41, 5.74) is 13.3. The molecule has 12 rings (SSSR count). The number of fused-ring (bicyclic) bond motifs is 9. The van der Waals surface area contributed by atoms with Gasteiger partial charge in [0.05, 0.1) is 33.3 Å². The fourth-order valence-corrected chi connectivity index (χ4v) is 9.11. The highest BCUT2D eigenvalue weighted by Gasteiger charge is 2.21. The van der Waals surface area contributed by atoms with Crippen molar-refractivity contribution in [2.24, 2.45) is 0 Å². The van der Waals surface area contributed by atoms with Gasteiger partial charge in [0.15, 0.2) is 0 Å². The summed E-state index contributed by atoms with van der Waals surface area (Å²) in [6, 6.07) is 73.8. The smallest absolute Gasteiger partial charge is 0.235 e. The summed E-state index contributed by atoms with van der Waals surface area (Å²) >= 11 is 0. The second-order valence-corrected chi connectivity index (χ2v) is 15.0. The zero-order valence-electron chi connectivity index (χ0n) is 31.4. The van der Waals surface area contributed by atoms with Gasteiger partial charge >= 0.3 is 0 Å². The third-order valence-corrected chi connectivity index (χ3v) is 11.7. The lowest BCUT2D eigenvalue weighted by molar-refractivity contribution is 1.01. The maximum absolute atomic E-state index is 5.35. The fraction of sp³-hybridized carbons (Fsp3) is 0. The molecule has 3 heterocycles. The Morgan fingerprint density at radius 3 is 1.66 bits per heavy atom. The maximum Gasteiger partial charge on any atom is 0.235 e. The summed E-state index contributed by atoms with van der Waals surface area (Å²) in [6.07, 6.45) is 0. The molecule has 3 aromatic heterocycles. The molecule has 58 heavy (non-hydrogen) atoms. The average Bonchev–Trinajstić information content (AvgIpc) is 3.82. The number of aromatic nitrogens is 4. The van der Waals surface area contributed by atoms with Gasteiger partial charge in [-0.05, 0) is 75.5 Å². The molecular weight excluding hydrogens is 705 g/mol. The lowest BCUT2D eigenvalue weighted by Gasteiger charge is -2.14. The molecule has 0 N–H and O–H groups in total. The Hall–Kier alpha value is -7.82. The van der Waals surface area contributed by atoms with Gasteiger partial charge in [-0.1, -0.05) is 164 Å². The Morgan fingerprint density at radius 2 is 0.879 bits per heavy atom. The van der Waals surface area contributed by atoms with Gasteiger partial charge in [0, 0.05) is 38.2 Å². The van der Waals surface area contributed by atoms with Crippen LogP contribution in [0.25, 0.3) is 110 Å². The minimum Gasteiger partial charge on any atom is -0.309 e. The minimum atomic E-state index is 0.656. The van der Waals surface area contributed by atoms with Crippen LogP contribution in [0.15, 0.2) is 206 Å². The molecule has 0 unspecified atom stereocenters. The number of para-hydroxylation sites is 4. The average molecular weight is 739 g/mol. The SMILES string of the molecule is c1ccc(-c2nc(-n3c4ccccc4c4c5ccccc5c(-c5ccc(-c6ccc7c8ccccc8n(-c8ccccc8)c7c6)cc5)cc43)nc3ccccc23)cc1. The molecule has 0 saturated carbocycles. The first-order chi connectivity index (χ1) is 28.8. The molecule has 0 saturated heterocycles. The van der Waals surface area contributed by atoms with E-state index in [4.69, 9.17) is 9.97 Å². The summed E-state index contributed by atoms with van der Waals surface area (Å²) in [7, 11) is 0. The minimum absolute atomic E-state index is 0.656. The maximum atomic E-state index is 5.35. The van der Waals surface area contributed by atoms with Crippen molar-refractivity contribution in [3.63, 3.8) is 0 Å². The second kappa shape index (κ2) is 12.9. The van der Waals surface area contributed by atoms with E-state index < -0.39 is 0 Å². The first-order valence-electron chi connectivity index (χ1n) is 19.8. The van der Waals surface area contributed by atoms with Gasteiger partial charge in [0.25, 0.3) is 0 Å². The van der Waals surface area contributed by atoms with Gasteiger partial charge in [-0.15, -0.1) is 0 Å². The van der Waals surface area contributed by atoms with Crippen LogP contribution in [0.2, 0.25) is 0 Å². The molecule has 0 fully saturated rings. The van der Waals surface area contributed by atoms with Crippen LogP contribution < -0.4 is 0 Å². The van der Waals surface area contributed by atoms with Gasteiger partial charge in [0.2, 0.25) is 5.95 Å². The van der Waals surface area contributed by atoms with Crippen molar-refractivity contribution in [2.45, 2.75) is 0 Å². The van der Waals surface area contributed by atoms with Crippen molar-refractivity contribution < 1.29 is 0 Å². The lowest BCUT2D eigenvalue weighted by Crippen LogP contribution is -2.03. The largest absolute Gasteiger partial charge is 0.309 e. The van der Waals surface area contributed by atoms with E-state index in [0.717, 1.165) is 44.4 Å². The van der Waals surface area contributed by atoms with E-state index in [-0.39, 0.29) is 0 Å². The summed E-state index contributed by atoms with van der Waals surface area (Å²) in [4.78, 5) is 10.6. The Bertz CT molecular complexity index is 3540. The topological polar surface area (TPSA) is 35.6 Å². The normalized spacial score (nSPS) is 11.8. The Balaban J connectivity index is 1.05. The van der Waals surface area contributed by atoms with Crippen LogP contribution in [0.3, 0.4) is 0 Å². The number of hydrogen-bond acceptors (Lipinski definition) is 2. The zero-order valence-corrected chi connectivity index (χ0v) is 31.4. The van der Waals surface area contributed by atoms with Crippen molar-refractivity contribution in [3.05, 3.63) is 206 Å². The van der Waals surface area contributed by atoms with E-state index in [9.17, 15) is 0 Å². The molecule has 0 amide bonds.